The molecule has 0 radical (unpaired) electrons. The van der Waals surface area contributed by atoms with Gasteiger partial charge in [-0.15, -0.1) is 0 Å². The second-order valence-corrected chi connectivity index (χ2v) is 7.45. The number of nitro benzene ring substituents is 1. The highest BCUT2D eigenvalue weighted by Gasteiger charge is 2.37. The number of hydrogen-bond donors (Lipinski definition) is 1. The number of phenols is 1. The van der Waals surface area contributed by atoms with Crippen LogP contribution in [0.15, 0.2) is 60.9 Å². The minimum Gasteiger partial charge on any atom is -0.508 e. The smallest absolute Gasteiger partial charge is 0.270 e. The molecule has 1 aliphatic rings. The van der Waals surface area contributed by atoms with Crippen molar-refractivity contribution in [3.63, 3.8) is 0 Å². The first kappa shape index (κ1) is 21.0. The summed E-state index contributed by atoms with van der Waals surface area (Å²) in [6, 6.07) is 11.6. The maximum atomic E-state index is 13.1. The standard InChI is InChI=1S/C22H23N3O5/c1-15(2)20-22(28)23(11-10-16-6-8-19(26)9-7-16)12-13-24(20)21(27)17-4-3-5-18(14-17)25(29)30/h3-9,12-15,20,26H,10-11H2,1-2H3. The molecule has 2 aromatic rings. The van der Waals surface area contributed by atoms with Gasteiger partial charge in [0.2, 0.25) is 5.91 Å². The van der Waals surface area contributed by atoms with Gasteiger partial charge < -0.3 is 14.9 Å². The van der Waals surface area contributed by atoms with Gasteiger partial charge in [-0.3, -0.25) is 19.7 Å². The summed E-state index contributed by atoms with van der Waals surface area (Å²) in [4.78, 5) is 39.5. The molecule has 156 valence electrons. The van der Waals surface area contributed by atoms with Gasteiger partial charge in [0.25, 0.3) is 11.6 Å². The highest BCUT2D eigenvalue weighted by molar-refractivity contribution is 5.99. The number of carbonyl (C=O) groups is 2. The maximum Gasteiger partial charge on any atom is 0.270 e. The van der Waals surface area contributed by atoms with E-state index >= 15 is 0 Å². The number of carbonyl (C=O) groups excluding carboxylic acids is 2. The number of nitro groups is 1. The van der Waals surface area contributed by atoms with Crippen molar-refractivity contribution in [3.8, 4) is 5.75 Å². The number of phenolic OH excluding ortho intramolecular Hbond substituents is 1. The third-order valence-electron chi connectivity index (χ3n) is 4.99. The van der Waals surface area contributed by atoms with E-state index in [1.807, 2.05) is 13.8 Å². The highest BCUT2D eigenvalue weighted by Crippen LogP contribution is 2.24. The zero-order valence-electron chi connectivity index (χ0n) is 16.8. The van der Waals surface area contributed by atoms with E-state index in [4.69, 9.17) is 0 Å². The molecule has 1 aliphatic heterocycles. The predicted octanol–water partition coefficient (Wildman–Crippen LogP) is 3.32. The van der Waals surface area contributed by atoms with Gasteiger partial charge in [0.1, 0.15) is 11.8 Å². The van der Waals surface area contributed by atoms with Crippen molar-refractivity contribution in [2.24, 2.45) is 5.92 Å². The summed E-state index contributed by atoms with van der Waals surface area (Å²) >= 11 is 0. The Bertz CT molecular complexity index is 985. The Morgan fingerprint density at radius 3 is 2.50 bits per heavy atom. The van der Waals surface area contributed by atoms with Crippen LogP contribution in [-0.4, -0.2) is 44.2 Å². The second-order valence-electron chi connectivity index (χ2n) is 7.45. The van der Waals surface area contributed by atoms with Crippen LogP contribution in [0.1, 0.15) is 29.8 Å². The zero-order chi connectivity index (χ0) is 21.8. The summed E-state index contributed by atoms with van der Waals surface area (Å²) in [5, 5.41) is 20.4. The lowest BCUT2D eigenvalue weighted by Gasteiger charge is -2.38. The van der Waals surface area contributed by atoms with E-state index in [1.54, 1.807) is 41.6 Å². The largest absolute Gasteiger partial charge is 0.508 e. The van der Waals surface area contributed by atoms with Crippen LogP contribution >= 0.6 is 0 Å². The summed E-state index contributed by atoms with van der Waals surface area (Å²) < 4.78 is 0. The van der Waals surface area contributed by atoms with E-state index in [1.165, 1.54) is 29.2 Å². The van der Waals surface area contributed by atoms with Crippen LogP contribution in [0.4, 0.5) is 5.69 Å². The number of non-ortho nitro benzene ring substituents is 1. The van der Waals surface area contributed by atoms with E-state index in [9.17, 15) is 24.8 Å². The van der Waals surface area contributed by atoms with Gasteiger partial charge in [0.15, 0.2) is 0 Å². The predicted molar refractivity (Wildman–Crippen MR) is 111 cm³/mol. The lowest BCUT2D eigenvalue weighted by Crippen LogP contribution is -2.53. The molecule has 30 heavy (non-hydrogen) atoms. The lowest BCUT2D eigenvalue weighted by molar-refractivity contribution is -0.384. The first-order valence-electron chi connectivity index (χ1n) is 9.61. The second kappa shape index (κ2) is 8.77. The Morgan fingerprint density at radius 2 is 1.87 bits per heavy atom. The van der Waals surface area contributed by atoms with Crippen LogP contribution in [0.25, 0.3) is 0 Å². The lowest BCUT2D eigenvalue weighted by atomic mass is 9.98. The molecule has 1 heterocycles. The molecule has 0 bridgehead atoms. The van der Waals surface area contributed by atoms with Crippen molar-refractivity contribution in [3.05, 3.63) is 82.2 Å². The van der Waals surface area contributed by atoms with Gasteiger partial charge in [-0.25, -0.2) is 0 Å². The fourth-order valence-corrected chi connectivity index (χ4v) is 3.41. The summed E-state index contributed by atoms with van der Waals surface area (Å²) in [5.41, 5.74) is 0.958. The number of aromatic hydroxyl groups is 1. The van der Waals surface area contributed by atoms with Gasteiger partial charge >= 0.3 is 0 Å². The topological polar surface area (TPSA) is 104 Å². The molecular weight excluding hydrogens is 386 g/mol. The van der Waals surface area contributed by atoms with Gasteiger partial charge in [0.05, 0.1) is 4.92 Å². The van der Waals surface area contributed by atoms with Gasteiger partial charge in [0, 0.05) is 36.6 Å². The molecule has 1 N–H and O–H groups in total. The third-order valence-corrected chi connectivity index (χ3v) is 4.99. The Hall–Kier alpha value is -3.68. The van der Waals surface area contributed by atoms with Crippen LogP contribution in [-0.2, 0) is 11.2 Å². The minimum atomic E-state index is -0.707. The van der Waals surface area contributed by atoms with Crippen molar-refractivity contribution in [2.75, 3.05) is 6.54 Å². The molecule has 1 unspecified atom stereocenters. The molecule has 0 aromatic heterocycles. The maximum absolute atomic E-state index is 13.1. The fourth-order valence-electron chi connectivity index (χ4n) is 3.41. The summed E-state index contributed by atoms with van der Waals surface area (Å²) in [5.74, 6) is -0.630. The molecule has 2 amide bonds. The normalized spacial score (nSPS) is 16.2. The molecule has 1 atom stereocenters. The highest BCUT2D eigenvalue weighted by atomic mass is 16.6. The van der Waals surface area contributed by atoms with Gasteiger partial charge in [-0.1, -0.05) is 32.0 Å². The summed E-state index contributed by atoms with van der Waals surface area (Å²) in [6.45, 7) is 4.14. The van der Waals surface area contributed by atoms with E-state index in [0.717, 1.165) is 5.56 Å². The van der Waals surface area contributed by atoms with Crippen LogP contribution in [0.3, 0.4) is 0 Å². The Morgan fingerprint density at radius 1 is 1.17 bits per heavy atom. The van der Waals surface area contributed by atoms with Crippen molar-refractivity contribution < 1.29 is 19.6 Å². The first-order chi connectivity index (χ1) is 14.3. The van der Waals surface area contributed by atoms with Gasteiger partial charge in [-0.2, -0.15) is 0 Å². The molecule has 0 spiro atoms. The van der Waals surface area contributed by atoms with E-state index in [-0.39, 0.29) is 28.8 Å². The number of benzene rings is 2. The van der Waals surface area contributed by atoms with Crippen LogP contribution in [0, 0.1) is 16.0 Å². The van der Waals surface area contributed by atoms with Crippen molar-refractivity contribution in [1.82, 2.24) is 9.80 Å². The average molecular weight is 409 g/mol. The quantitative estimate of drug-likeness (QED) is 0.582. The molecule has 0 saturated heterocycles. The van der Waals surface area contributed by atoms with Crippen LogP contribution < -0.4 is 0 Å². The van der Waals surface area contributed by atoms with Crippen LogP contribution in [0.2, 0.25) is 0 Å². The molecular formula is C22H23N3O5. The molecule has 3 rings (SSSR count). The first-order valence-corrected chi connectivity index (χ1v) is 9.61. The number of rotatable bonds is 6. The Kier molecular flexibility index (Phi) is 6.15. The van der Waals surface area contributed by atoms with Crippen molar-refractivity contribution in [1.29, 1.82) is 0 Å². The molecule has 8 heteroatoms. The number of amides is 2. The fraction of sp³-hybridized carbons (Fsp3) is 0.273. The van der Waals surface area contributed by atoms with E-state index < -0.39 is 16.9 Å². The monoisotopic (exact) mass is 409 g/mol. The molecule has 2 aromatic carbocycles. The Balaban J connectivity index is 1.80. The summed E-state index contributed by atoms with van der Waals surface area (Å²) in [7, 11) is 0. The van der Waals surface area contributed by atoms with Crippen molar-refractivity contribution in [2.45, 2.75) is 26.3 Å². The zero-order valence-corrected chi connectivity index (χ0v) is 16.8. The van der Waals surface area contributed by atoms with Crippen molar-refractivity contribution >= 4 is 17.5 Å². The average Bonchev–Trinajstić information content (AvgIpc) is 2.73. The molecule has 8 nitrogen and oxygen atoms in total. The van der Waals surface area contributed by atoms with E-state index in [0.29, 0.717) is 13.0 Å². The third kappa shape index (κ3) is 4.48. The SMILES string of the molecule is CC(C)C1C(=O)N(CCc2ccc(O)cc2)C=CN1C(=O)c1cccc([N+](=O)[O-])c1. The molecule has 0 fully saturated rings. The van der Waals surface area contributed by atoms with E-state index in [2.05, 4.69) is 0 Å². The molecule has 0 aliphatic carbocycles. The van der Waals surface area contributed by atoms with Gasteiger partial charge in [-0.05, 0) is 36.1 Å². The summed E-state index contributed by atoms with van der Waals surface area (Å²) in [6.07, 6.45) is 3.72. The minimum absolute atomic E-state index is 0.152. The number of hydrogen-bond acceptors (Lipinski definition) is 5. The molecule has 0 saturated carbocycles. The Labute approximate surface area is 174 Å². The van der Waals surface area contributed by atoms with Crippen LogP contribution in [0.5, 0.6) is 5.75 Å². The number of nitrogens with zero attached hydrogens (tertiary/aromatic N) is 3.